The average Bonchev–Trinajstić information content (AvgIpc) is 3.11. The Labute approximate surface area is 210 Å². The lowest BCUT2D eigenvalue weighted by molar-refractivity contribution is -0.140. The van der Waals surface area contributed by atoms with E-state index in [1.807, 2.05) is 69.3 Å². The first-order valence-electron chi connectivity index (χ1n) is 12.0. The summed E-state index contributed by atoms with van der Waals surface area (Å²) in [5.74, 6) is -0.445. The minimum absolute atomic E-state index is 0.162. The molecule has 3 aromatic rings. The van der Waals surface area contributed by atoms with Crippen molar-refractivity contribution >= 4 is 45.8 Å². The predicted molar refractivity (Wildman–Crippen MR) is 140 cm³/mol. The van der Waals surface area contributed by atoms with Gasteiger partial charge in [-0.25, -0.2) is 0 Å². The Bertz CT molecular complexity index is 1270. The van der Waals surface area contributed by atoms with Crippen LogP contribution in [0.2, 0.25) is 5.02 Å². The number of amides is 3. The van der Waals surface area contributed by atoms with Crippen LogP contribution in [0.4, 0.5) is 5.69 Å². The number of hydrogen-bond donors (Lipinski definition) is 1. The smallest absolute Gasteiger partial charge is 0.259 e. The Balaban J connectivity index is 1.65. The lowest BCUT2D eigenvalue weighted by Gasteiger charge is -2.32. The minimum atomic E-state index is -0.687. The van der Waals surface area contributed by atoms with E-state index in [1.54, 1.807) is 17.0 Å². The van der Waals surface area contributed by atoms with Crippen LogP contribution in [-0.4, -0.2) is 41.8 Å². The maximum atomic E-state index is 13.8. The second-order valence-electron chi connectivity index (χ2n) is 9.25. The van der Waals surface area contributed by atoms with Gasteiger partial charge in [0.25, 0.3) is 5.91 Å². The van der Waals surface area contributed by atoms with Crippen LogP contribution in [0, 0.1) is 5.92 Å². The maximum Gasteiger partial charge on any atom is 0.259 e. The van der Waals surface area contributed by atoms with E-state index >= 15 is 0 Å². The number of nitrogens with one attached hydrogen (secondary N) is 1. The third-order valence-corrected chi connectivity index (χ3v) is 6.68. The number of anilines is 1. The monoisotopic (exact) mass is 491 g/mol. The number of hydrogen-bond acceptors (Lipinski definition) is 3. The summed E-state index contributed by atoms with van der Waals surface area (Å²) < 4.78 is 0. The number of nitrogens with zero attached hydrogens (tertiary/aromatic N) is 2. The molecule has 1 atom stereocenters. The molecule has 4 rings (SSSR count). The Morgan fingerprint density at radius 2 is 1.74 bits per heavy atom. The van der Waals surface area contributed by atoms with E-state index in [9.17, 15) is 14.4 Å². The second kappa shape index (κ2) is 10.5. The summed E-state index contributed by atoms with van der Waals surface area (Å²) in [6.45, 7) is 6.45. The standard InChI is InChI=1S/C28H30ClN3O3/c1-4-23(27(34)30-15-18(2)3)31(16-20-9-5-6-13-22(20)29)25(33)17-32-24-14-8-11-19-10-7-12-21(26(19)24)28(32)35/h5-14,18,23H,4,15-17H2,1-3H3,(H,30,34). The molecule has 1 aliphatic rings. The van der Waals surface area contributed by atoms with Crippen molar-refractivity contribution in [3.63, 3.8) is 0 Å². The van der Waals surface area contributed by atoms with Crippen LogP contribution in [0.25, 0.3) is 10.8 Å². The van der Waals surface area contributed by atoms with E-state index < -0.39 is 6.04 Å². The molecule has 0 saturated carbocycles. The molecule has 0 radical (unpaired) electrons. The van der Waals surface area contributed by atoms with Gasteiger partial charge >= 0.3 is 0 Å². The molecule has 3 amide bonds. The van der Waals surface area contributed by atoms with Crippen LogP contribution in [0.5, 0.6) is 0 Å². The molecule has 0 aromatic heterocycles. The van der Waals surface area contributed by atoms with Crippen LogP contribution >= 0.6 is 11.6 Å². The van der Waals surface area contributed by atoms with Gasteiger partial charge in [0.15, 0.2) is 0 Å². The van der Waals surface area contributed by atoms with Crippen molar-refractivity contribution < 1.29 is 14.4 Å². The van der Waals surface area contributed by atoms with Gasteiger partial charge in [0.05, 0.1) is 5.69 Å². The molecule has 1 aliphatic heterocycles. The molecule has 0 saturated heterocycles. The highest BCUT2D eigenvalue weighted by molar-refractivity contribution is 6.31. The fraction of sp³-hybridized carbons (Fsp3) is 0.321. The van der Waals surface area contributed by atoms with Gasteiger partial charge in [0.2, 0.25) is 11.8 Å². The topological polar surface area (TPSA) is 69.7 Å². The SMILES string of the molecule is CCC(C(=O)NCC(C)C)N(Cc1ccccc1Cl)C(=O)CN1C(=O)c2cccc3cccc1c23. The molecular weight excluding hydrogens is 462 g/mol. The molecule has 35 heavy (non-hydrogen) atoms. The Hall–Kier alpha value is -3.38. The minimum Gasteiger partial charge on any atom is -0.354 e. The Morgan fingerprint density at radius 1 is 1.03 bits per heavy atom. The molecule has 182 valence electrons. The van der Waals surface area contributed by atoms with Crippen molar-refractivity contribution in [1.29, 1.82) is 0 Å². The van der Waals surface area contributed by atoms with Gasteiger partial charge in [-0.3, -0.25) is 19.3 Å². The Morgan fingerprint density at radius 3 is 2.43 bits per heavy atom. The van der Waals surface area contributed by atoms with Crippen molar-refractivity contribution in [2.45, 2.75) is 39.8 Å². The summed E-state index contributed by atoms with van der Waals surface area (Å²) in [5, 5.41) is 5.29. The zero-order valence-corrected chi connectivity index (χ0v) is 21.0. The molecule has 1 N–H and O–H groups in total. The normalized spacial score (nSPS) is 13.4. The molecule has 6 nitrogen and oxygen atoms in total. The summed E-state index contributed by atoms with van der Waals surface area (Å²) in [6.07, 6.45) is 0.434. The van der Waals surface area contributed by atoms with Crippen LogP contribution < -0.4 is 10.2 Å². The van der Waals surface area contributed by atoms with Crippen molar-refractivity contribution in [2.75, 3.05) is 18.0 Å². The third-order valence-electron chi connectivity index (χ3n) is 6.31. The highest BCUT2D eigenvalue weighted by atomic mass is 35.5. The van der Waals surface area contributed by atoms with Crippen LogP contribution in [0.15, 0.2) is 60.7 Å². The number of halogens is 1. The lowest BCUT2D eigenvalue weighted by Crippen LogP contribution is -2.52. The molecule has 0 bridgehead atoms. The first-order valence-corrected chi connectivity index (χ1v) is 12.3. The van der Waals surface area contributed by atoms with Crippen molar-refractivity contribution in [3.05, 3.63) is 76.8 Å². The summed E-state index contributed by atoms with van der Waals surface area (Å²) >= 11 is 6.41. The average molecular weight is 492 g/mol. The zero-order valence-electron chi connectivity index (χ0n) is 20.3. The summed E-state index contributed by atoms with van der Waals surface area (Å²) in [5.41, 5.74) is 2.05. The molecular formula is C28H30ClN3O3. The molecule has 1 heterocycles. The molecule has 1 unspecified atom stereocenters. The van der Waals surface area contributed by atoms with Crippen LogP contribution in [-0.2, 0) is 16.1 Å². The largest absolute Gasteiger partial charge is 0.354 e. The van der Waals surface area contributed by atoms with Gasteiger partial charge < -0.3 is 10.2 Å². The van der Waals surface area contributed by atoms with Gasteiger partial charge in [0, 0.05) is 29.1 Å². The van der Waals surface area contributed by atoms with Crippen molar-refractivity contribution in [1.82, 2.24) is 10.2 Å². The number of carbonyl (C=O) groups excluding carboxylic acids is 3. The van der Waals surface area contributed by atoms with E-state index in [-0.39, 0.29) is 36.7 Å². The third kappa shape index (κ3) is 5.03. The highest BCUT2D eigenvalue weighted by Crippen LogP contribution is 2.37. The second-order valence-corrected chi connectivity index (χ2v) is 9.66. The summed E-state index contributed by atoms with van der Waals surface area (Å²) in [7, 11) is 0. The predicted octanol–water partition coefficient (Wildman–Crippen LogP) is 5.03. The Kier molecular flexibility index (Phi) is 7.41. The molecule has 3 aromatic carbocycles. The van der Waals surface area contributed by atoms with E-state index in [0.29, 0.717) is 29.2 Å². The van der Waals surface area contributed by atoms with Gasteiger partial charge in [-0.05, 0) is 41.5 Å². The van der Waals surface area contributed by atoms with E-state index in [0.717, 1.165) is 16.3 Å². The van der Waals surface area contributed by atoms with Gasteiger partial charge in [-0.1, -0.05) is 74.8 Å². The zero-order chi connectivity index (χ0) is 25.1. The van der Waals surface area contributed by atoms with E-state index in [4.69, 9.17) is 11.6 Å². The molecule has 0 fully saturated rings. The van der Waals surface area contributed by atoms with Crippen molar-refractivity contribution in [2.24, 2.45) is 5.92 Å². The van der Waals surface area contributed by atoms with Gasteiger partial charge in [-0.2, -0.15) is 0 Å². The van der Waals surface area contributed by atoms with Gasteiger partial charge in [0.1, 0.15) is 12.6 Å². The molecule has 0 aliphatic carbocycles. The van der Waals surface area contributed by atoms with Gasteiger partial charge in [-0.15, -0.1) is 0 Å². The fourth-order valence-corrected chi connectivity index (χ4v) is 4.71. The number of carbonyl (C=O) groups is 3. The number of rotatable bonds is 9. The summed E-state index contributed by atoms with van der Waals surface area (Å²) in [4.78, 5) is 43.2. The highest BCUT2D eigenvalue weighted by Gasteiger charge is 2.35. The quantitative estimate of drug-likeness (QED) is 0.456. The molecule has 0 spiro atoms. The first kappa shape index (κ1) is 24.7. The van der Waals surface area contributed by atoms with Crippen LogP contribution in [0.1, 0.15) is 43.1 Å². The first-order chi connectivity index (χ1) is 16.8. The van der Waals surface area contributed by atoms with E-state index in [1.165, 1.54) is 4.90 Å². The van der Waals surface area contributed by atoms with Crippen molar-refractivity contribution in [3.8, 4) is 0 Å². The summed E-state index contributed by atoms with van der Waals surface area (Å²) in [6, 6.07) is 17.9. The molecule has 7 heteroatoms. The van der Waals surface area contributed by atoms with Crippen LogP contribution in [0.3, 0.4) is 0 Å². The fourth-order valence-electron chi connectivity index (χ4n) is 4.51. The lowest BCUT2D eigenvalue weighted by atomic mass is 10.1. The maximum absolute atomic E-state index is 13.8. The van der Waals surface area contributed by atoms with E-state index in [2.05, 4.69) is 5.32 Å². The number of benzene rings is 3.